The van der Waals surface area contributed by atoms with Gasteiger partial charge in [-0.1, -0.05) is 0 Å². The third-order valence-electron chi connectivity index (χ3n) is 2.31. The standard InChI is InChI=1S/C11H22N2O4/c1-8(12)4-3-5-10(14)13-9(11(15)16)6-7-17-2/h8-9H,3-7,12H2,1-2H3,(H,13,14)(H,15,16). The summed E-state index contributed by atoms with van der Waals surface area (Å²) in [6, 6.07) is -0.815. The minimum Gasteiger partial charge on any atom is -0.480 e. The number of carbonyl (C=O) groups is 2. The molecule has 0 aromatic carbocycles. The van der Waals surface area contributed by atoms with Crippen LogP contribution in [0.5, 0.6) is 0 Å². The van der Waals surface area contributed by atoms with Crippen molar-refractivity contribution in [1.29, 1.82) is 0 Å². The molecule has 4 N–H and O–H groups in total. The summed E-state index contributed by atoms with van der Waals surface area (Å²) in [6.07, 6.45) is 1.99. The van der Waals surface area contributed by atoms with Gasteiger partial charge in [-0.15, -0.1) is 0 Å². The molecule has 100 valence electrons. The number of nitrogens with two attached hydrogens (primary N) is 1. The van der Waals surface area contributed by atoms with Gasteiger partial charge in [-0.3, -0.25) is 4.79 Å². The van der Waals surface area contributed by atoms with Crippen molar-refractivity contribution in [1.82, 2.24) is 5.32 Å². The van der Waals surface area contributed by atoms with E-state index in [1.54, 1.807) is 0 Å². The molecule has 0 saturated heterocycles. The lowest BCUT2D eigenvalue weighted by Gasteiger charge is -2.14. The van der Waals surface area contributed by atoms with E-state index in [0.29, 0.717) is 19.4 Å². The summed E-state index contributed by atoms with van der Waals surface area (Å²) in [6.45, 7) is 2.17. The zero-order valence-electron chi connectivity index (χ0n) is 10.4. The molecule has 0 heterocycles. The number of carbonyl (C=O) groups excluding carboxylic acids is 1. The van der Waals surface area contributed by atoms with Crippen molar-refractivity contribution in [2.45, 2.75) is 44.7 Å². The molecule has 0 radical (unpaired) electrons. The molecule has 17 heavy (non-hydrogen) atoms. The second-order valence-corrected chi connectivity index (χ2v) is 4.11. The van der Waals surface area contributed by atoms with E-state index in [1.807, 2.05) is 6.92 Å². The van der Waals surface area contributed by atoms with E-state index in [0.717, 1.165) is 6.42 Å². The fourth-order valence-electron chi connectivity index (χ4n) is 1.34. The Labute approximate surface area is 102 Å². The molecule has 0 fully saturated rings. The predicted octanol–water partition coefficient (Wildman–Crippen LogP) is 0.110. The van der Waals surface area contributed by atoms with Gasteiger partial charge in [0.25, 0.3) is 0 Å². The average Bonchev–Trinajstić information content (AvgIpc) is 2.23. The van der Waals surface area contributed by atoms with Crippen LogP contribution in [-0.4, -0.2) is 42.8 Å². The number of rotatable bonds is 9. The lowest BCUT2D eigenvalue weighted by molar-refractivity contribution is -0.142. The number of amides is 1. The Hall–Kier alpha value is -1.14. The lowest BCUT2D eigenvalue weighted by atomic mass is 10.1. The Morgan fingerprint density at radius 1 is 1.41 bits per heavy atom. The molecular weight excluding hydrogens is 224 g/mol. The molecule has 0 aliphatic carbocycles. The highest BCUT2D eigenvalue weighted by Crippen LogP contribution is 2.00. The fourth-order valence-corrected chi connectivity index (χ4v) is 1.34. The normalized spacial score (nSPS) is 14.1. The maximum absolute atomic E-state index is 11.4. The van der Waals surface area contributed by atoms with Crippen molar-refractivity contribution in [3.63, 3.8) is 0 Å². The molecule has 0 aliphatic rings. The average molecular weight is 246 g/mol. The monoisotopic (exact) mass is 246 g/mol. The van der Waals surface area contributed by atoms with E-state index in [2.05, 4.69) is 5.32 Å². The van der Waals surface area contributed by atoms with Gasteiger partial charge in [0.15, 0.2) is 0 Å². The molecule has 0 spiro atoms. The summed E-state index contributed by atoms with van der Waals surface area (Å²) in [4.78, 5) is 22.3. The lowest BCUT2D eigenvalue weighted by Crippen LogP contribution is -2.41. The summed E-state index contributed by atoms with van der Waals surface area (Å²) in [5.74, 6) is -1.29. The van der Waals surface area contributed by atoms with Crippen LogP contribution in [0.4, 0.5) is 0 Å². The first-order chi connectivity index (χ1) is 7.97. The van der Waals surface area contributed by atoms with Gasteiger partial charge in [0.05, 0.1) is 0 Å². The maximum atomic E-state index is 11.4. The smallest absolute Gasteiger partial charge is 0.326 e. The van der Waals surface area contributed by atoms with Crippen LogP contribution >= 0.6 is 0 Å². The van der Waals surface area contributed by atoms with Gasteiger partial charge in [0.2, 0.25) is 5.91 Å². The van der Waals surface area contributed by atoms with E-state index >= 15 is 0 Å². The second-order valence-electron chi connectivity index (χ2n) is 4.11. The maximum Gasteiger partial charge on any atom is 0.326 e. The van der Waals surface area contributed by atoms with Gasteiger partial charge >= 0.3 is 5.97 Å². The molecular formula is C11H22N2O4. The first-order valence-corrected chi connectivity index (χ1v) is 5.74. The molecule has 0 aromatic heterocycles. The van der Waals surface area contributed by atoms with Crippen LogP contribution in [0.15, 0.2) is 0 Å². The first-order valence-electron chi connectivity index (χ1n) is 5.74. The molecule has 6 heteroatoms. The zero-order chi connectivity index (χ0) is 13.3. The van der Waals surface area contributed by atoms with E-state index in [1.165, 1.54) is 7.11 Å². The third-order valence-corrected chi connectivity index (χ3v) is 2.31. The number of carboxylic acids is 1. The highest BCUT2D eigenvalue weighted by atomic mass is 16.5. The van der Waals surface area contributed by atoms with Gasteiger partial charge in [-0.05, 0) is 19.8 Å². The summed E-state index contributed by atoms with van der Waals surface area (Å²) < 4.78 is 4.79. The molecule has 1 amide bonds. The number of nitrogens with one attached hydrogen (secondary N) is 1. The van der Waals surface area contributed by atoms with Gasteiger partial charge in [0, 0.05) is 32.6 Å². The number of methoxy groups -OCH3 is 1. The van der Waals surface area contributed by atoms with Crippen molar-refractivity contribution in [2.24, 2.45) is 5.73 Å². The van der Waals surface area contributed by atoms with Crippen LogP contribution in [0, 0.1) is 0 Å². The molecule has 0 rings (SSSR count). The van der Waals surface area contributed by atoms with Crippen LogP contribution < -0.4 is 11.1 Å². The van der Waals surface area contributed by atoms with Crippen LogP contribution in [0.25, 0.3) is 0 Å². The Bertz CT molecular complexity index is 244. The summed E-state index contributed by atoms with van der Waals surface area (Å²) in [5.41, 5.74) is 5.55. The summed E-state index contributed by atoms with van der Waals surface area (Å²) in [7, 11) is 1.49. The van der Waals surface area contributed by atoms with Crippen LogP contribution in [-0.2, 0) is 14.3 Å². The van der Waals surface area contributed by atoms with E-state index in [9.17, 15) is 9.59 Å². The molecule has 0 saturated carbocycles. The molecule has 0 aliphatic heterocycles. The quantitative estimate of drug-likeness (QED) is 0.536. The minimum absolute atomic E-state index is 0.0616. The number of hydrogen-bond acceptors (Lipinski definition) is 4. The Balaban J connectivity index is 3.91. The summed E-state index contributed by atoms with van der Waals surface area (Å²) in [5, 5.41) is 11.3. The number of hydrogen-bond donors (Lipinski definition) is 3. The Kier molecular flexibility index (Phi) is 8.35. The second kappa shape index (κ2) is 8.95. The number of ether oxygens (including phenoxy) is 1. The van der Waals surface area contributed by atoms with Crippen molar-refractivity contribution < 1.29 is 19.4 Å². The van der Waals surface area contributed by atoms with E-state index in [4.69, 9.17) is 15.6 Å². The molecule has 2 unspecified atom stereocenters. The van der Waals surface area contributed by atoms with Crippen molar-refractivity contribution >= 4 is 11.9 Å². The van der Waals surface area contributed by atoms with Crippen LogP contribution in [0.2, 0.25) is 0 Å². The van der Waals surface area contributed by atoms with Crippen molar-refractivity contribution in [3.05, 3.63) is 0 Å². The van der Waals surface area contributed by atoms with Crippen molar-refractivity contribution in [2.75, 3.05) is 13.7 Å². The molecule has 0 bridgehead atoms. The molecule has 6 nitrogen and oxygen atoms in total. The third kappa shape index (κ3) is 8.65. The largest absolute Gasteiger partial charge is 0.480 e. The molecule has 2 atom stereocenters. The molecule has 0 aromatic rings. The Morgan fingerprint density at radius 2 is 2.06 bits per heavy atom. The predicted molar refractivity (Wildman–Crippen MR) is 63.6 cm³/mol. The Morgan fingerprint density at radius 3 is 2.53 bits per heavy atom. The first kappa shape index (κ1) is 15.9. The van der Waals surface area contributed by atoms with Crippen LogP contribution in [0.1, 0.15) is 32.6 Å². The van der Waals surface area contributed by atoms with Crippen molar-refractivity contribution in [3.8, 4) is 0 Å². The highest BCUT2D eigenvalue weighted by molar-refractivity contribution is 5.83. The van der Waals surface area contributed by atoms with Gasteiger partial charge in [-0.2, -0.15) is 0 Å². The van der Waals surface area contributed by atoms with Gasteiger partial charge in [-0.25, -0.2) is 4.79 Å². The fraction of sp³-hybridized carbons (Fsp3) is 0.818. The zero-order valence-corrected chi connectivity index (χ0v) is 10.4. The number of aliphatic carboxylic acids is 1. The topological polar surface area (TPSA) is 102 Å². The minimum atomic E-state index is -1.04. The van der Waals surface area contributed by atoms with E-state index in [-0.39, 0.29) is 18.4 Å². The van der Waals surface area contributed by atoms with Crippen LogP contribution in [0.3, 0.4) is 0 Å². The highest BCUT2D eigenvalue weighted by Gasteiger charge is 2.19. The number of carboxylic acid groups (broad SMARTS) is 1. The SMILES string of the molecule is COCCC(NC(=O)CCCC(C)N)C(=O)O. The van der Waals surface area contributed by atoms with Gasteiger partial charge in [0.1, 0.15) is 6.04 Å². The summed E-state index contributed by atoms with van der Waals surface area (Å²) >= 11 is 0. The van der Waals surface area contributed by atoms with Gasteiger partial charge < -0.3 is 20.9 Å². The van der Waals surface area contributed by atoms with E-state index < -0.39 is 12.0 Å².